The van der Waals surface area contributed by atoms with Gasteiger partial charge in [-0.15, -0.1) is 0 Å². The highest BCUT2D eigenvalue weighted by atomic mass is 32.2. The number of aryl methyl sites for hydroxylation is 1. The minimum absolute atomic E-state index is 0.0880. The maximum Gasteiger partial charge on any atom is 0.271 e. The van der Waals surface area contributed by atoms with Gasteiger partial charge in [0.05, 0.1) is 17.6 Å². The zero-order valence-electron chi connectivity index (χ0n) is 14.2. The number of hydrogen-bond donors (Lipinski definition) is 0. The molecule has 0 bridgehead atoms. The lowest BCUT2D eigenvalue weighted by Gasteiger charge is -2.27. The zero-order chi connectivity index (χ0) is 17.9. The maximum atomic E-state index is 13.0. The van der Waals surface area contributed by atoms with E-state index in [1.165, 1.54) is 19.2 Å². The fraction of sp³-hybridized carbons (Fsp3) is 0.278. The number of carbonyl (C=O) groups excluding carboxylic acids is 1. The highest BCUT2D eigenvalue weighted by Crippen LogP contribution is 2.25. The van der Waals surface area contributed by atoms with Gasteiger partial charge in [-0.25, -0.2) is 12.7 Å². The van der Waals surface area contributed by atoms with Crippen LogP contribution in [0.25, 0.3) is 0 Å². The molecule has 0 aliphatic heterocycles. The van der Waals surface area contributed by atoms with Gasteiger partial charge in [-0.3, -0.25) is 4.79 Å². The second-order valence-electron chi connectivity index (χ2n) is 5.71. The van der Waals surface area contributed by atoms with Crippen molar-refractivity contribution in [3.8, 4) is 5.75 Å². The Morgan fingerprint density at radius 3 is 2.17 bits per heavy atom. The molecule has 0 saturated heterocycles. The first kappa shape index (κ1) is 18.0. The van der Waals surface area contributed by atoms with E-state index in [2.05, 4.69) is 0 Å². The van der Waals surface area contributed by atoms with Gasteiger partial charge in [0, 0.05) is 6.04 Å². The highest BCUT2D eigenvalue weighted by molar-refractivity contribution is 7.89. The second-order valence-corrected chi connectivity index (χ2v) is 7.53. The summed E-state index contributed by atoms with van der Waals surface area (Å²) < 4.78 is 32.0. The van der Waals surface area contributed by atoms with E-state index in [0.29, 0.717) is 5.75 Å². The first-order valence-electron chi connectivity index (χ1n) is 7.57. The third-order valence-corrected chi connectivity index (χ3v) is 5.56. The molecule has 2 aromatic carbocycles. The van der Waals surface area contributed by atoms with Gasteiger partial charge in [0.1, 0.15) is 5.75 Å². The van der Waals surface area contributed by atoms with Crippen LogP contribution in [0.2, 0.25) is 0 Å². The summed E-state index contributed by atoms with van der Waals surface area (Å²) in [5, 5.41) is 0. The molecule has 6 heteroatoms. The minimum Gasteiger partial charge on any atom is -0.496 e. The van der Waals surface area contributed by atoms with Crippen LogP contribution in [-0.4, -0.2) is 31.8 Å². The van der Waals surface area contributed by atoms with Crippen LogP contribution in [0.1, 0.15) is 29.8 Å². The number of para-hydroxylation sites is 1. The molecule has 0 aliphatic rings. The molecule has 0 atom stereocenters. The maximum absolute atomic E-state index is 13.0. The normalized spacial score (nSPS) is 11.4. The average Bonchev–Trinajstić information content (AvgIpc) is 2.54. The molecule has 0 spiro atoms. The summed E-state index contributed by atoms with van der Waals surface area (Å²) in [5.41, 5.74) is 1.16. The van der Waals surface area contributed by atoms with Gasteiger partial charge < -0.3 is 4.74 Å². The van der Waals surface area contributed by atoms with Crippen molar-refractivity contribution in [3.63, 3.8) is 0 Å². The van der Waals surface area contributed by atoms with E-state index >= 15 is 0 Å². The number of carbonyl (C=O) groups is 1. The number of ether oxygens (including phenoxy) is 1. The van der Waals surface area contributed by atoms with E-state index in [0.717, 1.165) is 9.87 Å². The van der Waals surface area contributed by atoms with E-state index in [9.17, 15) is 13.2 Å². The van der Waals surface area contributed by atoms with Gasteiger partial charge in [-0.2, -0.15) is 0 Å². The highest BCUT2D eigenvalue weighted by Gasteiger charge is 2.33. The fourth-order valence-corrected chi connectivity index (χ4v) is 3.96. The van der Waals surface area contributed by atoms with Crippen LogP contribution in [0.4, 0.5) is 0 Å². The van der Waals surface area contributed by atoms with Gasteiger partial charge in [0.2, 0.25) is 0 Å². The van der Waals surface area contributed by atoms with Gasteiger partial charge >= 0.3 is 0 Å². The lowest BCUT2D eigenvalue weighted by atomic mass is 10.2. The van der Waals surface area contributed by atoms with Crippen molar-refractivity contribution in [2.75, 3.05) is 7.11 Å². The molecule has 0 unspecified atom stereocenters. The smallest absolute Gasteiger partial charge is 0.271 e. The van der Waals surface area contributed by atoms with Gasteiger partial charge in [-0.05, 0) is 45.0 Å². The number of rotatable bonds is 5. The van der Waals surface area contributed by atoms with Crippen LogP contribution in [0, 0.1) is 6.92 Å². The third kappa shape index (κ3) is 3.43. The Kier molecular flexibility index (Phi) is 5.29. The van der Waals surface area contributed by atoms with Crippen LogP contribution in [0.15, 0.2) is 53.4 Å². The molecule has 0 heterocycles. The number of amides is 1. The molecule has 0 aromatic heterocycles. The molecule has 1 amide bonds. The molecule has 0 fully saturated rings. The fourth-order valence-electron chi connectivity index (χ4n) is 2.39. The standard InChI is InChI=1S/C18H21NO4S/c1-13(2)19(18(20)16-7-5-6-8-17(16)23-4)24(21,22)15-11-9-14(3)10-12-15/h5-13H,1-4H3. The molecule has 128 valence electrons. The summed E-state index contributed by atoms with van der Waals surface area (Å²) in [6.07, 6.45) is 0. The zero-order valence-corrected chi connectivity index (χ0v) is 15.0. The van der Waals surface area contributed by atoms with Crippen molar-refractivity contribution in [2.24, 2.45) is 0 Å². The first-order valence-corrected chi connectivity index (χ1v) is 9.01. The molecular weight excluding hydrogens is 326 g/mol. The molecule has 0 radical (unpaired) electrons. The second kappa shape index (κ2) is 7.05. The van der Waals surface area contributed by atoms with Gasteiger partial charge in [-0.1, -0.05) is 29.8 Å². The number of hydrogen-bond acceptors (Lipinski definition) is 4. The van der Waals surface area contributed by atoms with E-state index in [1.807, 2.05) is 6.92 Å². The Labute approximate surface area is 142 Å². The van der Waals surface area contributed by atoms with Crippen molar-refractivity contribution >= 4 is 15.9 Å². The van der Waals surface area contributed by atoms with Crippen LogP contribution in [0.5, 0.6) is 5.75 Å². The van der Waals surface area contributed by atoms with E-state index in [1.54, 1.807) is 50.2 Å². The summed E-state index contributed by atoms with van der Waals surface area (Å²) >= 11 is 0. The quantitative estimate of drug-likeness (QED) is 0.833. The summed E-state index contributed by atoms with van der Waals surface area (Å²) in [5.74, 6) is -0.268. The van der Waals surface area contributed by atoms with Gasteiger partial charge in [0.15, 0.2) is 0 Å². The van der Waals surface area contributed by atoms with Gasteiger partial charge in [0.25, 0.3) is 15.9 Å². The number of sulfonamides is 1. The SMILES string of the molecule is COc1ccccc1C(=O)N(C(C)C)S(=O)(=O)c1ccc(C)cc1. The molecule has 2 aromatic rings. The summed E-state index contributed by atoms with van der Waals surface area (Å²) in [7, 11) is -2.52. The number of nitrogens with zero attached hydrogens (tertiary/aromatic N) is 1. The van der Waals surface area contributed by atoms with Crippen molar-refractivity contribution in [1.29, 1.82) is 0 Å². The Balaban J connectivity index is 2.53. The summed E-state index contributed by atoms with van der Waals surface area (Å²) in [6.45, 7) is 5.20. The van der Waals surface area contributed by atoms with Crippen molar-refractivity contribution in [3.05, 3.63) is 59.7 Å². The van der Waals surface area contributed by atoms with Crippen LogP contribution < -0.4 is 4.74 Å². The Morgan fingerprint density at radius 2 is 1.62 bits per heavy atom. The summed E-state index contributed by atoms with van der Waals surface area (Å²) in [6, 6.07) is 12.5. The summed E-state index contributed by atoms with van der Waals surface area (Å²) in [4.78, 5) is 13.0. The molecule has 0 aliphatic carbocycles. The number of methoxy groups -OCH3 is 1. The Hall–Kier alpha value is -2.34. The van der Waals surface area contributed by atoms with Crippen molar-refractivity contribution < 1.29 is 17.9 Å². The molecule has 0 saturated carbocycles. The lowest BCUT2D eigenvalue weighted by molar-refractivity contribution is 0.0832. The van der Waals surface area contributed by atoms with E-state index < -0.39 is 22.0 Å². The predicted molar refractivity (Wildman–Crippen MR) is 92.7 cm³/mol. The monoisotopic (exact) mass is 347 g/mol. The largest absolute Gasteiger partial charge is 0.496 e. The number of benzene rings is 2. The topological polar surface area (TPSA) is 63.7 Å². The molecule has 5 nitrogen and oxygen atoms in total. The van der Waals surface area contributed by atoms with Crippen LogP contribution in [0.3, 0.4) is 0 Å². The van der Waals surface area contributed by atoms with Crippen molar-refractivity contribution in [2.45, 2.75) is 31.7 Å². The lowest BCUT2D eigenvalue weighted by Crippen LogP contribution is -2.42. The third-order valence-electron chi connectivity index (χ3n) is 3.58. The Bertz CT molecular complexity index is 826. The first-order chi connectivity index (χ1) is 11.3. The average molecular weight is 347 g/mol. The molecule has 24 heavy (non-hydrogen) atoms. The predicted octanol–water partition coefficient (Wildman–Crippen LogP) is 3.24. The van der Waals surface area contributed by atoms with Crippen molar-refractivity contribution in [1.82, 2.24) is 4.31 Å². The molecule has 0 N–H and O–H groups in total. The van der Waals surface area contributed by atoms with Crippen LogP contribution in [-0.2, 0) is 10.0 Å². The minimum atomic E-state index is -3.96. The van der Waals surface area contributed by atoms with Crippen LogP contribution >= 0.6 is 0 Å². The molecular formula is C18H21NO4S. The molecule has 2 rings (SSSR count). The van der Waals surface area contributed by atoms with E-state index in [4.69, 9.17) is 4.74 Å². The van der Waals surface area contributed by atoms with E-state index in [-0.39, 0.29) is 10.5 Å². The Morgan fingerprint density at radius 1 is 1.04 bits per heavy atom.